The van der Waals surface area contributed by atoms with E-state index in [-0.39, 0.29) is 16.4 Å². The number of benzene rings is 2. The van der Waals surface area contributed by atoms with Gasteiger partial charge in [-0.15, -0.1) is 0 Å². The Morgan fingerprint density at radius 2 is 1.69 bits per heavy atom. The van der Waals surface area contributed by atoms with Gasteiger partial charge in [0.1, 0.15) is 12.4 Å². The highest BCUT2D eigenvalue weighted by atomic mass is 16.5. The molecule has 0 amide bonds. The quantitative estimate of drug-likeness (QED) is 0.285. The molecule has 0 saturated carbocycles. The SMILES string of the molecule is CCOCCOc1cc(C(C#Cc2ccc(C(=O)O)cc2)OC(C)=O)cc2c1C(C)(C)CCC2(C)C. The van der Waals surface area contributed by atoms with Crippen molar-refractivity contribution in [2.45, 2.75) is 71.3 Å². The molecule has 0 aromatic heterocycles. The minimum atomic E-state index is -0.997. The maximum absolute atomic E-state index is 12.0. The summed E-state index contributed by atoms with van der Waals surface area (Å²) in [5, 5.41) is 9.12. The van der Waals surface area contributed by atoms with Crippen molar-refractivity contribution in [1.82, 2.24) is 0 Å². The number of carbonyl (C=O) groups excluding carboxylic acids is 1. The fourth-order valence-electron chi connectivity index (χ4n) is 4.57. The van der Waals surface area contributed by atoms with Gasteiger partial charge in [0.15, 0.2) is 6.10 Å². The number of hydrogen-bond acceptors (Lipinski definition) is 5. The van der Waals surface area contributed by atoms with Crippen molar-refractivity contribution < 1.29 is 28.9 Å². The molecule has 1 N–H and O–H groups in total. The summed E-state index contributed by atoms with van der Waals surface area (Å²) in [5.74, 6) is 5.43. The molecular weight excluding hydrogens is 456 g/mol. The first-order chi connectivity index (χ1) is 16.9. The highest BCUT2D eigenvalue weighted by Crippen LogP contribution is 2.50. The maximum Gasteiger partial charge on any atom is 0.335 e. The number of hydrogen-bond donors (Lipinski definition) is 1. The van der Waals surface area contributed by atoms with E-state index in [0.29, 0.717) is 25.4 Å². The summed E-state index contributed by atoms with van der Waals surface area (Å²) in [7, 11) is 0. The van der Waals surface area contributed by atoms with Gasteiger partial charge >= 0.3 is 11.9 Å². The predicted octanol–water partition coefficient (Wildman–Crippen LogP) is 5.81. The first kappa shape index (κ1) is 27.3. The molecule has 6 nitrogen and oxygen atoms in total. The Morgan fingerprint density at radius 1 is 1.03 bits per heavy atom. The molecule has 1 unspecified atom stereocenters. The summed E-state index contributed by atoms with van der Waals surface area (Å²) in [4.78, 5) is 23.1. The van der Waals surface area contributed by atoms with Gasteiger partial charge in [-0.1, -0.05) is 33.6 Å². The summed E-state index contributed by atoms with van der Waals surface area (Å²) in [6.07, 6.45) is 1.25. The topological polar surface area (TPSA) is 82.1 Å². The number of fused-ring (bicyclic) bond motifs is 1. The Kier molecular flexibility index (Phi) is 8.47. The number of ether oxygens (including phenoxy) is 3. The fourth-order valence-corrected chi connectivity index (χ4v) is 4.57. The van der Waals surface area contributed by atoms with Crippen LogP contribution in [0.15, 0.2) is 36.4 Å². The van der Waals surface area contributed by atoms with E-state index in [1.54, 1.807) is 12.1 Å². The molecule has 1 atom stereocenters. The zero-order valence-corrected chi connectivity index (χ0v) is 22.1. The lowest BCUT2D eigenvalue weighted by Gasteiger charge is -2.43. The Morgan fingerprint density at radius 3 is 2.31 bits per heavy atom. The molecular formula is C30H36O6. The van der Waals surface area contributed by atoms with Crippen LogP contribution in [0.1, 0.15) is 93.1 Å². The molecule has 2 aromatic rings. The predicted molar refractivity (Wildman–Crippen MR) is 139 cm³/mol. The van der Waals surface area contributed by atoms with Crippen LogP contribution in [0.3, 0.4) is 0 Å². The Balaban J connectivity index is 2.08. The van der Waals surface area contributed by atoms with Crippen LogP contribution in [-0.2, 0) is 25.1 Å². The average molecular weight is 493 g/mol. The molecule has 0 fully saturated rings. The van der Waals surface area contributed by atoms with Crippen LogP contribution >= 0.6 is 0 Å². The van der Waals surface area contributed by atoms with Crippen LogP contribution in [0.25, 0.3) is 0 Å². The second-order valence-electron chi connectivity index (χ2n) is 10.4. The summed E-state index contributed by atoms with van der Waals surface area (Å²) >= 11 is 0. The van der Waals surface area contributed by atoms with Crippen molar-refractivity contribution >= 4 is 11.9 Å². The molecule has 1 aliphatic carbocycles. The summed E-state index contributed by atoms with van der Waals surface area (Å²) in [6, 6.07) is 10.3. The van der Waals surface area contributed by atoms with Gasteiger partial charge in [0.05, 0.1) is 12.2 Å². The van der Waals surface area contributed by atoms with Crippen LogP contribution in [0.2, 0.25) is 0 Å². The smallest absolute Gasteiger partial charge is 0.335 e. The number of aromatic carboxylic acids is 1. The van der Waals surface area contributed by atoms with E-state index < -0.39 is 18.0 Å². The lowest BCUT2D eigenvalue weighted by atomic mass is 9.62. The number of rotatable bonds is 8. The van der Waals surface area contributed by atoms with Crippen molar-refractivity contribution in [3.63, 3.8) is 0 Å². The molecule has 0 aliphatic heterocycles. The van der Waals surface area contributed by atoms with Crippen LogP contribution in [-0.4, -0.2) is 36.9 Å². The van der Waals surface area contributed by atoms with Crippen LogP contribution in [0.5, 0.6) is 5.75 Å². The van der Waals surface area contributed by atoms with Crippen molar-refractivity contribution in [1.29, 1.82) is 0 Å². The van der Waals surface area contributed by atoms with Crippen molar-refractivity contribution in [2.75, 3.05) is 19.8 Å². The number of carboxylic acid groups (broad SMARTS) is 1. The minimum Gasteiger partial charge on any atom is -0.491 e. The van der Waals surface area contributed by atoms with Gasteiger partial charge in [-0.3, -0.25) is 4.79 Å². The molecule has 0 bridgehead atoms. The summed E-state index contributed by atoms with van der Waals surface area (Å²) in [5.41, 5.74) is 3.76. The first-order valence-electron chi connectivity index (χ1n) is 12.4. The zero-order chi connectivity index (χ0) is 26.5. The molecule has 192 valence electrons. The fraction of sp³-hybridized carbons (Fsp3) is 0.467. The number of carbonyl (C=O) groups is 2. The summed E-state index contributed by atoms with van der Waals surface area (Å²) < 4.78 is 17.4. The van der Waals surface area contributed by atoms with Gasteiger partial charge < -0.3 is 19.3 Å². The molecule has 3 rings (SSSR count). The van der Waals surface area contributed by atoms with Gasteiger partial charge in [-0.05, 0) is 78.5 Å². The molecule has 0 spiro atoms. The molecule has 6 heteroatoms. The van der Waals surface area contributed by atoms with Crippen LogP contribution in [0, 0.1) is 11.8 Å². The van der Waals surface area contributed by atoms with Crippen molar-refractivity contribution in [3.05, 3.63) is 64.2 Å². The summed E-state index contributed by atoms with van der Waals surface area (Å²) in [6.45, 7) is 13.8. The van der Waals surface area contributed by atoms with E-state index in [0.717, 1.165) is 24.2 Å². The van der Waals surface area contributed by atoms with E-state index in [2.05, 4.69) is 45.6 Å². The van der Waals surface area contributed by atoms with E-state index in [1.165, 1.54) is 30.2 Å². The third-order valence-corrected chi connectivity index (χ3v) is 6.66. The molecule has 2 aromatic carbocycles. The van der Waals surface area contributed by atoms with Gasteiger partial charge in [-0.2, -0.15) is 0 Å². The molecule has 1 aliphatic rings. The third kappa shape index (κ3) is 6.47. The van der Waals surface area contributed by atoms with Crippen LogP contribution < -0.4 is 4.74 Å². The van der Waals surface area contributed by atoms with E-state index in [1.807, 2.05) is 13.0 Å². The minimum absolute atomic E-state index is 0.0706. The van der Waals surface area contributed by atoms with E-state index >= 15 is 0 Å². The second kappa shape index (κ2) is 11.2. The standard InChI is InChI=1S/C30H36O6/c1-7-34-16-17-35-26-19-23(18-24-27(26)30(5,6)15-14-29(24,3)4)25(36-20(2)31)13-10-21-8-11-22(12-9-21)28(32)33/h8-9,11-12,18-19,25H,7,14-17H2,1-6H3,(H,32,33). The van der Waals surface area contributed by atoms with Gasteiger partial charge in [-0.25, -0.2) is 4.79 Å². The average Bonchev–Trinajstić information content (AvgIpc) is 2.82. The maximum atomic E-state index is 12.0. The number of esters is 1. The number of carboxylic acids is 1. The molecule has 0 radical (unpaired) electrons. The Bertz CT molecular complexity index is 1160. The lowest BCUT2D eigenvalue weighted by Crippen LogP contribution is -2.35. The first-order valence-corrected chi connectivity index (χ1v) is 12.4. The largest absolute Gasteiger partial charge is 0.491 e. The zero-order valence-electron chi connectivity index (χ0n) is 22.1. The Labute approximate surface area is 214 Å². The Hall–Kier alpha value is -3.30. The van der Waals surface area contributed by atoms with Crippen molar-refractivity contribution in [3.8, 4) is 17.6 Å². The highest BCUT2D eigenvalue weighted by molar-refractivity contribution is 5.87. The molecule has 0 heterocycles. The lowest BCUT2D eigenvalue weighted by molar-refractivity contribution is -0.144. The normalized spacial score (nSPS) is 16.2. The van der Waals surface area contributed by atoms with Gasteiger partial charge in [0.25, 0.3) is 0 Å². The van der Waals surface area contributed by atoms with Gasteiger partial charge in [0, 0.05) is 30.2 Å². The van der Waals surface area contributed by atoms with Gasteiger partial charge in [0.2, 0.25) is 0 Å². The van der Waals surface area contributed by atoms with E-state index in [4.69, 9.17) is 19.3 Å². The molecule has 0 saturated heterocycles. The van der Waals surface area contributed by atoms with Crippen LogP contribution in [0.4, 0.5) is 0 Å². The monoisotopic (exact) mass is 492 g/mol. The van der Waals surface area contributed by atoms with E-state index in [9.17, 15) is 9.59 Å². The van der Waals surface area contributed by atoms with Crippen molar-refractivity contribution in [2.24, 2.45) is 0 Å². The third-order valence-electron chi connectivity index (χ3n) is 6.66. The molecule has 36 heavy (non-hydrogen) atoms. The highest BCUT2D eigenvalue weighted by Gasteiger charge is 2.40. The second-order valence-corrected chi connectivity index (χ2v) is 10.4.